The minimum atomic E-state index is -0.115. The molecule has 0 spiro atoms. The number of nitrogens with zero attached hydrogens (tertiary/aromatic N) is 2. The molecule has 0 bridgehead atoms. The minimum Gasteiger partial charge on any atom is -0.454 e. The highest BCUT2D eigenvalue weighted by Gasteiger charge is 2.45. The predicted molar refractivity (Wildman–Crippen MR) is 110 cm³/mol. The van der Waals surface area contributed by atoms with Gasteiger partial charge >= 0.3 is 0 Å². The fourth-order valence-electron chi connectivity index (χ4n) is 5.61. The molecule has 7 nitrogen and oxygen atoms in total. The van der Waals surface area contributed by atoms with E-state index >= 15 is 0 Å². The Bertz CT molecular complexity index is 787. The molecule has 1 amide bonds. The first-order valence-electron chi connectivity index (χ1n) is 10.9. The monoisotopic (exact) mass is 400 g/mol. The molecule has 0 saturated carbocycles. The van der Waals surface area contributed by atoms with Crippen LogP contribution in [-0.2, 0) is 11.2 Å². The molecule has 4 aliphatic rings. The second kappa shape index (κ2) is 7.45. The number of amides is 1. The Morgan fingerprint density at radius 2 is 2.10 bits per heavy atom. The van der Waals surface area contributed by atoms with E-state index in [1.807, 2.05) is 6.07 Å². The summed E-state index contributed by atoms with van der Waals surface area (Å²) in [5, 5.41) is 0. The molecule has 1 aromatic carbocycles. The predicted octanol–water partition coefficient (Wildman–Crippen LogP) is 1.38. The Kier molecular flexibility index (Phi) is 4.92. The SMILES string of the molecule is CN1CCC2NNC(C(=O)N3CCCC(C)(Cc4ccc5c(c4)OCO5)C3)C2C1. The summed E-state index contributed by atoms with van der Waals surface area (Å²) in [4.78, 5) is 17.9. The largest absolute Gasteiger partial charge is 0.454 e. The lowest BCUT2D eigenvalue weighted by Gasteiger charge is -2.42. The summed E-state index contributed by atoms with van der Waals surface area (Å²) in [6.45, 7) is 6.36. The fourth-order valence-corrected chi connectivity index (χ4v) is 5.61. The molecule has 158 valence electrons. The Hall–Kier alpha value is -1.83. The number of benzene rings is 1. The van der Waals surface area contributed by atoms with Gasteiger partial charge in [-0.2, -0.15) is 0 Å². The van der Waals surface area contributed by atoms with Crippen LogP contribution in [0.2, 0.25) is 0 Å². The van der Waals surface area contributed by atoms with E-state index in [1.165, 1.54) is 5.56 Å². The average Bonchev–Trinajstić information content (AvgIpc) is 3.33. The van der Waals surface area contributed by atoms with E-state index in [0.717, 1.165) is 63.4 Å². The third kappa shape index (κ3) is 3.71. The zero-order chi connectivity index (χ0) is 20.0. The van der Waals surface area contributed by atoms with Gasteiger partial charge in [0, 0.05) is 31.6 Å². The minimum absolute atomic E-state index is 0.0798. The molecule has 7 heteroatoms. The van der Waals surface area contributed by atoms with Crippen molar-refractivity contribution in [2.75, 3.05) is 40.0 Å². The van der Waals surface area contributed by atoms with Crippen molar-refractivity contribution in [3.8, 4) is 11.5 Å². The maximum atomic E-state index is 13.4. The first-order chi connectivity index (χ1) is 14.0. The molecular weight excluding hydrogens is 368 g/mol. The summed E-state index contributed by atoms with van der Waals surface area (Å²) in [5.74, 6) is 2.27. The van der Waals surface area contributed by atoms with Crippen molar-refractivity contribution >= 4 is 5.91 Å². The highest BCUT2D eigenvalue weighted by Crippen LogP contribution is 2.38. The van der Waals surface area contributed by atoms with Crippen molar-refractivity contribution < 1.29 is 14.3 Å². The molecule has 4 aliphatic heterocycles. The molecule has 4 heterocycles. The summed E-state index contributed by atoms with van der Waals surface area (Å²) in [6.07, 6.45) is 4.23. The third-order valence-corrected chi connectivity index (χ3v) is 7.14. The Balaban J connectivity index is 1.27. The van der Waals surface area contributed by atoms with Gasteiger partial charge in [-0.1, -0.05) is 13.0 Å². The van der Waals surface area contributed by atoms with Crippen molar-refractivity contribution in [1.82, 2.24) is 20.7 Å². The molecule has 1 aromatic rings. The number of piperidine rings is 2. The maximum Gasteiger partial charge on any atom is 0.241 e. The molecule has 2 N–H and O–H groups in total. The van der Waals surface area contributed by atoms with Gasteiger partial charge in [-0.3, -0.25) is 10.2 Å². The summed E-state index contributed by atoms with van der Waals surface area (Å²) >= 11 is 0. The number of hydrogen-bond donors (Lipinski definition) is 2. The zero-order valence-corrected chi connectivity index (χ0v) is 17.4. The molecule has 0 radical (unpaired) electrons. The fraction of sp³-hybridized carbons (Fsp3) is 0.682. The lowest BCUT2D eigenvalue weighted by atomic mass is 9.76. The number of hydrogen-bond acceptors (Lipinski definition) is 6. The van der Waals surface area contributed by atoms with Gasteiger partial charge in [0.15, 0.2) is 11.5 Å². The standard InChI is InChI=1S/C22H32N4O3/c1-22(11-15-4-5-18-19(10-15)29-14-28-18)7-3-8-26(13-22)21(27)20-16-12-25(2)9-6-17(16)23-24-20/h4-5,10,16-17,20,23-24H,3,6-9,11-14H2,1-2H3. The highest BCUT2D eigenvalue weighted by molar-refractivity contribution is 5.83. The van der Waals surface area contributed by atoms with Gasteiger partial charge in [0.2, 0.25) is 12.7 Å². The van der Waals surface area contributed by atoms with Gasteiger partial charge in [0.05, 0.1) is 0 Å². The van der Waals surface area contributed by atoms with Crippen LogP contribution in [0.5, 0.6) is 11.5 Å². The van der Waals surface area contributed by atoms with E-state index in [-0.39, 0.29) is 17.4 Å². The number of rotatable bonds is 3. The molecule has 5 rings (SSSR count). The van der Waals surface area contributed by atoms with Crippen LogP contribution in [0.25, 0.3) is 0 Å². The topological polar surface area (TPSA) is 66.1 Å². The van der Waals surface area contributed by atoms with E-state index in [2.05, 4.69) is 46.8 Å². The number of carbonyl (C=O) groups is 1. The van der Waals surface area contributed by atoms with Crippen molar-refractivity contribution in [2.45, 2.75) is 44.7 Å². The van der Waals surface area contributed by atoms with Crippen molar-refractivity contribution in [3.63, 3.8) is 0 Å². The van der Waals surface area contributed by atoms with Crippen LogP contribution in [0.3, 0.4) is 0 Å². The average molecular weight is 401 g/mol. The Labute approximate surface area is 172 Å². The molecular formula is C22H32N4O3. The van der Waals surface area contributed by atoms with E-state index in [4.69, 9.17) is 9.47 Å². The molecule has 29 heavy (non-hydrogen) atoms. The van der Waals surface area contributed by atoms with Crippen LogP contribution in [-0.4, -0.2) is 67.8 Å². The summed E-state index contributed by atoms with van der Waals surface area (Å²) in [6, 6.07) is 6.52. The number of carbonyl (C=O) groups excluding carboxylic acids is 1. The maximum absolute atomic E-state index is 13.4. The van der Waals surface area contributed by atoms with Gasteiger partial charge in [-0.05, 0) is 62.4 Å². The Morgan fingerprint density at radius 1 is 1.24 bits per heavy atom. The van der Waals surface area contributed by atoms with Crippen LogP contribution < -0.4 is 20.3 Å². The normalized spacial score (nSPS) is 34.3. The number of ether oxygens (including phenoxy) is 2. The van der Waals surface area contributed by atoms with Crippen LogP contribution in [0.15, 0.2) is 18.2 Å². The van der Waals surface area contributed by atoms with Crippen LogP contribution in [0, 0.1) is 11.3 Å². The molecule has 0 aliphatic carbocycles. The van der Waals surface area contributed by atoms with Gasteiger partial charge in [-0.25, -0.2) is 5.43 Å². The molecule has 0 aromatic heterocycles. The first-order valence-corrected chi connectivity index (χ1v) is 10.9. The van der Waals surface area contributed by atoms with Crippen LogP contribution in [0.4, 0.5) is 0 Å². The smallest absolute Gasteiger partial charge is 0.241 e. The Morgan fingerprint density at radius 3 is 3.00 bits per heavy atom. The third-order valence-electron chi connectivity index (χ3n) is 7.14. The van der Waals surface area contributed by atoms with Gasteiger partial charge < -0.3 is 19.3 Å². The quantitative estimate of drug-likeness (QED) is 0.799. The van der Waals surface area contributed by atoms with E-state index in [1.54, 1.807) is 0 Å². The molecule has 3 fully saturated rings. The molecule has 4 atom stereocenters. The van der Waals surface area contributed by atoms with Crippen molar-refractivity contribution in [2.24, 2.45) is 11.3 Å². The summed E-state index contributed by atoms with van der Waals surface area (Å²) in [5.41, 5.74) is 8.04. The van der Waals surface area contributed by atoms with Gasteiger partial charge in [0.1, 0.15) is 6.04 Å². The second-order valence-electron chi connectivity index (χ2n) is 9.63. The molecule has 3 saturated heterocycles. The van der Waals surface area contributed by atoms with Crippen LogP contribution in [0.1, 0.15) is 31.7 Å². The number of nitrogens with one attached hydrogen (secondary N) is 2. The highest BCUT2D eigenvalue weighted by atomic mass is 16.7. The lowest BCUT2D eigenvalue weighted by Crippen LogP contribution is -2.54. The van der Waals surface area contributed by atoms with E-state index in [0.29, 0.717) is 18.8 Å². The number of hydrazine groups is 1. The number of fused-ring (bicyclic) bond motifs is 2. The van der Waals surface area contributed by atoms with Crippen LogP contribution >= 0.6 is 0 Å². The van der Waals surface area contributed by atoms with Crippen molar-refractivity contribution in [1.29, 1.82) is 0 Å². The zero-order valence-electron chi connectivity index (χ0n) is 17.4. The van der Waals surface area contributed by atoms with E-state index in [9.17, 15) is 4.79 Å². The van der Waals surface area contributed by atoms with Gasteiger partial charge in [0.25, 0.3) is 0 Å². The summed E-state index contributed by atoms with van der Waals surface area (Å²) < 4.78 is 11.0. The number of likely N-dealkylation sites (tertiary alicyclic amines) is 2. The molecule has 4 unspecified atom stereocenters. The lowest BCUT2D eigenvalue weighted by molar-refractivity contribution is -0.137. The van der Waals surface area contributed by atoms with Crippen molar-refractivity contribution in [3.05, 3.63) is 23.8 Å². The van der Waals surface area contributed by atoms with E-state index < -0.39 is 0 Å². The van der Waals surface area contributed by atoms with Gasteiger partial charge in [-0.15, -0.1) is 0 Å². The second-order valence-corrected chi connectivity index (χ2v) is 9.63. The summed E-state index contributed by atoms with van der Waals surface area (Å²) in [7, 11) is 2.15. The first kappa shape index (κ1) is 19.2.